The molecule has 5 nitrogen and oxygen atoms in total. The number of rotatable bonds is 4. The van der Waals surface area contributed by atoms with Crippen molar-refractivity contribution < 1.29 is 9.84 Å². The molecule has 5 rings (SSSR count). The van der Waals surface area contributed by atoms with Crippen LogP contribution in [0.15, 0.2) is 30.3 Å². The van der Waals surface area contributed by atoms with Gasteiger partial charge in [-0.1, -0.05) is 12.1 Å². The van der Waals surface area contributed by atoms with Gasteiger partial charge in [0.2, 0.25) is 0 Å². The molecule has 24 heavy (non-hydrogen) atoms. The van der Waals surface area contributed by atoms with Crippen molar-refractivity contribution in [1.82, 2.24) is 14.7 Å². The van der Waals surface area contributed by atoms with Crippen molar-refractivity contribution in [2.45, 2.75) is 24.8 Å². The maximum atomic E-state index is 9.56. The molecule has 2 bridgehead atoms. The van der Waals surface area contributed by atoms with Crippen molar-refractivity contribution >= 4 is 0 Å². The van der Waals surface area contributed by atoms with Gasteiger partial charge in [0, 0.05) is 36.8 Å². The number of methoxy groups -OCH3 is 1. The average molecular weight is 327 g/mol. The summed E-state index contributed by atoms with van der Waals surface area (Å²) in [6.07, 6.45) is 2.31. The Morgan fingerprint density at radius 3 is 2.88 bits per heavy atom. The molecule has 1 aromatic carbocycles. The van der Waals surface area contributed by atoms with E-state index in [-0.39, 0.29) is 6.61 Å². The number of fused-ring (bicyclic) bond motifs is 3. The number of hydrogen-bond acceptors (Lipinski definition) is 4. The van der Waals surface area contributed by atoms with Crippen molar-refractivity contribution in [1.29, 1.82) is 0 Å². The number of aryl methyl sites for hydroxylation is 1. The van der Waals surface area contributed by atoms with Crippen molar-refractivity contribution in [3.63, 3.8) is 0 Å². The number of ether oxygens (including phenoxy) is 1. The quantitative estimate of drug-likeness (QED) is 0.936. The standard InChI is InChI=1S/C19H25N3O2/c1-21-18(16-11-22-8-7-13(16)9-14(22)12-23)10-17(20-21)15-5-3-4-6-19(15)24-2/h3-6,10,13-14,16,23H,7-9,11-12H2,1-2H3/t13-,14+,16+/m0/s1. The molecule has 3 aliphatic heterocycles. The Labute approximate surface area is 142 Å². The van der Waals surface area contributed by atoms with E-state index in [0.29, 0.717) is 17.9 Å². The highest BCUT2D eigenvalue weighted by molar-refractivity contribution is 5.67. The Morgan fingerprint density at radius 1 is 1.33 bits per heavy atom. The van der Waals surface area contributed by atoms with Crippen molar-refractivity contribution in [2.75, 3.05) is 26.8 Å². The molecular weight excluding hydrogens is 302 g/mol. The Bertz CT molecular complexity index is 727. The summed E-state index contributed by atoms with van der Waals surface area (Å²) in [4.78, 5) is 2.44. The maximum absolute atomic E-state index is 9.56. The lowest BCUT2D eigenvalue weighted by Crippen LogP contribution is -2.53. The number of hydrogen-bond donors (Lipinski definition) is 1. The third-order valence-electron chi connectivity index (χ3n) is 5.77. The van der Waals surface area contributed by atoms with Gasteiger partial charge >= 0.3 is 0 Å². The van der Waals surface area contributed by atoms with E-state index in [9.17, 15) is 5.11 Å². The monoisotopic (exact) mass is 327 g/mol. The van der Waals surface area contributed by atoms with E-state index in [1.54, 1.807) is 7.11 Å². The van der Waals surface area contributed by atoms with E-state index in [0.717, 1.165) is 36.5 Å². The number of nitrogens with zero attached hydrogens (tertiary/aromatic N) is 3. The van der Waals surface area contributed by atoms with Gasteiger partial charge in [-0.05, 0) is 43.5 Å². The molecular formula is C19H25N3O2. The minimum absolute atomic E-state index is 0.279. The average Bonchev–Trinajstić information content (AvgIpc) is 3.03. The molecule has 0 saturated carbocycles. The summed E-state index contributed by atoms with van der Waals surface area (Å²) in [7, 11) is 3.74. The summed E-state index contributed by atoms with van der Waals surface area (Å²) in [5.74, 6) is 2.01. The molecule has 1 N–H and O–H groups in total. The van der Waals surface area contributed by atoms with Gasteiger partial charge in [-0.25, -0.2) is 0 Å². The molecule has 2 aromatic rings. The van der Waals surface area contributed by atoms with E-state index in [2.05, 4.69) is 17.0 Å². The number of benzene rings is 1. The summed E-state index contributed by atoms with van der Waals surface area (Å²) in [5, 5.41) is 14.3. The van der Waals surface area contributed by atoms with Crippen LogP contribution in [0, 0.1) is 5.92 Å². The van der Waals surface area contributed by atoms with E-state index < -0.39 is 0 Å². The fourth-order valence-electron chi connectivity index (χ4n) is 4.48. The minimum Gasteiger partial charge on any atom is -0.496 e. The molecule has 0 amide bonds. The smallest absolute Gasteiger partial charge is 0.128 e. The summed E-state index contributed by atoms with van der Waals surface area (Å²) in [5.41, 5.74) is 3.30. The third-order valence-corrected chi connectivity index (χ3v) is 5.77. The normalized spacial score (nSPS) is 29.0. The SMILES string of the molecule is COc1ccccc1-c1cc([C@@H]2CN3CC[C@H]2C[C@@H]3CO)n(C)n1. The molecule has 3 saturated heterocycles. The molecule has 3 aliphatic rings. The van der Waals surface area contributed by atoms with Crippen molar-refractivity contribution in [3.8, 4) is 17.0 Å². The second-order valence-corrected chi connectivity index (χ2v) is 7.00. The van der Waals surface area contributed by atoms with Crippen LogP contribution in [-0.2, 0) is 7.05 Å². The molecule has 4 heterocycles. The fraction of sp³-hybridized carbons (Fsp3) is 0.526. The topological polar surface area (TPSA) is 50.5 Å². The first-order valence-corrected chi connectivity index (χ1v) is 8.73. The maximum Gasteiger partial charge on any atom is 0.128 e. The zero-order valence-corrected chi connectivity index (χ0v) is 14.4. The molecule has 3 fully saturated rings. The van der Waals surface area contributed by atoms with Crippen LogP contribution in [0.2, 0.25) is 0 Å². The lowest BCUT2D eigenvalue weighted by Gasteiger charge is -2.49. The minimum atomic E-state index is 0.279. The Balaban J connectivity index is 1.65. The summed E-state index contributed by atoms with van der Waals surface area (Å²) in [6, 6.07) is 10.6. The van der Waals surface area contributed by atoms with E-state index in [1.807, 2.05) is 29.9 Å². The van der Waals surface area contributed by atoms with Gasteiger partial charge in [-0.2, -0.15) is 5.10 Å². The van der Waals surface area contributed by atoms with Crippen molar-refractivity contribution in [3.05, 3.63) is 36.0 Å². The van der Waals surface area contributed by atoms with Crippen LogP contribution >= 0.6 is 0 Å². The molecule has 4 atom stereocenters. The lowest BCUT2D eigenvalue weighted by molar-refractivity contribution is 0.00105. The van der Waals surface area contributed by atoms with Gasteiger partial charge in [0.1, 0.15) is 5.75 Å². The second-order valence-electron chi connectivity index (χ2n) is 7.00. The summed E-state index contributed by atoms with van der Waals surface area (Å²) in [6.45, 7) is 2.42. The zero-order valence-electron chi connectivity index (χ0n) is 14.4. The Hall–Kier alpha value is -1.85. The van der Waals surface area contributed by atoms with Gasteiger partial charge < -0.3 is 9.84 Å². The van der Waals surface area contributed by atoms with E-state index in [1.165, 1.54) is 12.1 Å². The first-order chi connectivity index (χ1) is 11.7. The number of aliphatic hydroxyl groups excluding tert-OH is 1. The van der Waals surface area contributed by atoms with Crippen LogP contribution in [0.3, 0.4) is 0 Å². The Kier molecular flexibility index (Phi) is 4.06. The molecule has 5 heteroatoms. The van der Waals surface area contributed by atoms with Crippen LogP contribution in [0.25, 0.3) is 11.3 Å². The van der Waals surface area contributed by atoms with Crippen LogP contribution < -0.4 is 4.74 Å². The zero-order chi connectivity index (χ0) is 16.7. The molecule has 1 unspecified atom stereocenters. The number of piperidine rings is 3. The number of aliphatic hydroxyl groups is 1. The highest BCUT2D eigenvalue weighted by Crippen LogP contribution is 2.42. The first kappa shape index (κ1) is 15.7. The van der Waals surface area contributed by atoms with Gasteiger partial charge in [-0.15, -0.1) is 0 Å². The van der Waals surface area contributed by atoms with E-state index >= 15 is 0 Å². The second kappa shape index (κ2) is 6.22. The predicted molar refractivity (Wildman–Crippen MR) is 93.1 cm³/mol. The van der Waals surface area contributed by atoms with Crippen LogP contribution in [0.1, 0.15) is 24.5 Å². The lowest BCUT2D eigenvalue weighted by atomic mass is 9.74. The van der Waals surface area contributed by atoms with Gasteiger partial charge in [0.05, 0.1) is 19.4 Å². The highest BCUT2D eigenvalue weighted by Gasteiger charge is 2.41. The van der Waals surface area contributed by atoms with Crippen LogP contribution in [0.4, 0.5) is 0 Å². The third kappa shape index (κ3) is 2.52. The summed E-state index contributed by atoms with van der Waals surface area (Å²) >= 11 is 0. The largest absolute Gasteiger partial charge is 0.496 e. The predicted octanol–water partition coefficient (Wildman–Crippen LogP) is 2.27. The molecule has 1 aromatic heterocycles. The van der Waals surface area contributed by atoms with E-state index in [4.69, 9.17) is 9.84 Å². The fourth-order valence-corrected chi connectivity index (χ4v) is 4.48. The van der Waals surface area contributed by atoms with Crippen LogP contribution in [-0.4, -0.2) is 52.6 Å². The van der Waals surface area contributed by atoms with Gasteiger partial charge in [0.15, 0.2) is 0 Å². The van der Waals surface area contributed by atoms with Crippen LogP contribution in [0.5, 0.6) is 5.75 Å². The molecule has 0 aliphatic carbocycles. The first-order valence-electron chi connectivity index (χ1n) is 8.73. The molecule has 0 spiro atoms. The Morgan fingerprint density at radius 2 is 2.17 bits per heavy atom. The van der Waals surface area contributed by atoms with Gasteiger partial charge in [-0.3, -0.25) is 9.58 Å². The molecule has 128 valence electrons. The van der Waals surface area contributed by atoms with Gasteiger partial charge in [0.25, 0.3) is 0 Å². The highest BCUT2D eigenvalue weighted by atomic mass is 16.5. The number of para-hydroxylation sites is 1. The summed E-state index contributed by atoms with van der Waals surface area (Å²) < 4.78 is 7.52. The van der Waals surface area contributed by atoms with Crippen molar-refractivity contribution in [2.24, 2.45) is 13.0 Å². The molecule has 0 radical (unpaired) electrons. The number of aromatic nitrogens is 2.